The van der Waals surface area contributed by atoms with Crippen molar-refractivity contribution in [2.75, 3.05) is 9.80 Å². The highest BCUT2D eigenvalue weighted by atomic mass is 15.2. The molecule has 0 saturated carbocycles. The minimum absolute atomic E-state index is 0.0616. The lowest BCUT2D eigenvalue weighted by molar-refractivity contribution is 0.569. The number of anilines is 6. The van der Waals surface area contributed by atoms with Crippen LogP contribution >= 0.6 is 0 Å². The Hall–Kier alpha value is -12.6. The highest BCUT2D eigenvalue weighted by molar-refractivity contribution is 7.00. The third-order valence-electron chi connectivity index (χ3n) is 25.2. The van der Waals surface area contributed by atoms with Gasteiger partial charge in [-0.15, -0.1) is 0 Å². The molecule has 0 saturated heterocycles. The summed E-state index contributed by atoms with van der Waals surface area (Å²) in [6.45, 7) is 35.1. The number of nitrogens with zero attached hydrogens (tertiary/aromatic N) is 5. The van der Waals surface area contributed by atoms with Crippen LogP contribution in [0.4, 0.5) is 34.1 Å². The normalized spacial score (nSPS) is 13.2. The Labute approximate surface area is 683 Å². The molecule has 0 bridgehead atoms. The van der Waals surface area contributed by atoms with Crippen LogP contribution in [-0.4, -0.2) is 20.4 Å². The van der Waals surface area contributed by atoms with E-state index >= 15 is 0 Å². The van der Waals surface area contributed by atoms with Gasteiger partial charge in [-0.05, 0) is 202 Å². The van der Waals surface area contributed by atoms with Gasteiger partial charge in [0.2, 0.25) is 0 Å². The Kier molecular flexibility index (Phi) is 16.5. The van der Waals surface area contributed by atoms with Crippen molar-refractivity contribution in [1.82, 2.24) is 13.7 Å². The van der Waals surface area contributed by atoms with Crippen molar-refractivity contribution in [3.63, 3.8) is 0 Å². The maximum Gasteiger partial charge on any atom is 0.252 e. The number of rotatable bonds is 9. The van der Waals surface area contributed by atoms with E-state index in [1.165, 1.54) is 93.1 Å². The summed E-state index contributed by atoms with van der Waals surface area (Å²) in [5, 5.41) is 7.39. The first-order chi connectivity index (χ1) is 55.7. The van der Waals surface area contributed by atoms with Gasteiger partial charge < -0.3 is 23.5 Å². The maximum atomic E-state index is 2.69. The van der Waals surface area contributed by atoms with E-state index in [1.54, 1.807) is 0 Å². The third kappa shape index (κ3) is 11.7. The summed E-state index contributed by atoms with van der Waals surface area (Å²) in [4.78, 5) is 5.37. The summed E-state index contributed by atoms with van der Waals surface area (Å²) in [5.41, 5.74) is 35.7. The average molecular weight is 1500 g/mol. The van der Waals surface area contributed by atoms with E-state index < -0.39 is 0 Å². The lowest BCUT2D eigenvalue weighted by atomic mass is 9.33. The Morgan fingerprint density at radius 3 is 1.03 bits per heavy atom. The second-order valence-corrected chi connectivity index (χ2v) is 37.8. The number of hydrogen-bond donors (Lipinski definition) is 0. The fourth-order valence-corrected chi connectivity index (χ4v) is 18.9. The molecule has 0 amide bonds. The van der Waals surface area contributed by atoms with Crippen molar-refractivity contribution in [2.45, 2.75) is 131 Å². The van der Waals surface area contributed by atoms with E-state index in [-0.39, 0.29) is 33.8 Å². The van der Waals surface area contributed by atoms with Gasteiger partial charge in [0.1, 0.15) is 0 Å². The first-order valence-corrected chi connectivity index (χ1v) is 41.5. The summed E-state index contributed by atoms with van der Waals surface area (Å²) in [7, 11) is 0. The molecule has 5 nitrogen and oxygen atoms in total. The van der Waals surface area contributed by atoms with Gasteiger partial charge in [-0.25, -0.2) is 0 Å². The van der Waals surface area contributed by atoms with Crippen molar-refractivity contribution >= 4 is 123 Å². The van der Waals surface area contributed by atoms with Crippen molar-refractivity contribution in [3.8, 4) is 61.6 Å². The van der Waals surface area contributed by atoms with Crippen molar-refractivity contribution in [1.29, 1.82) is 0 Å². The zero-order valence-electron chi connectivity index (χ0n) is 69.4. The number of aromatic nitrogens is 3. The zero-order valence-corrected chi connectivity index (χ0v) is 69.4. The van der Waals surface area contributed by atoms with E-state index in [0.29, 0.717) is 0 Å². The molecule has 0 spiro atoms. The first-order valence-electron chi connectivity index (χ1n) is 41.5. The van der Waals surface area contributed by atoms with Crippen LogP contribution in [0.2, 0.25) is 0 Å². The minimum Gasteiger partial charge on any atom is -0.311 e. The molecule has 15 aromatic carbocycles. The molecule has 0 fully saturated rings. The summed E-state index contributed by atoms with van der Waals surface area (Å²) in [5.74, 6) is 0. The van der Waals surface area contributed by atoms with Gasteiger partial charge in [-0.2, -0.15) is 0 Å². The SMILES string of the molecule is CC(C)(C)c1cc(-c2cc3c4c(c2)N(c2ccccc2-c2ccccc2)c2cc(-n5c6ccc(C(C)(C)C)cc6c6cc(C(C)(C)C)ccc65)ccc2B4c2ccc(-c4cc(C(C)(C)C)cc(-n5c6ccccc6c6ccccc65)c4-n4c5ccccc5c5ccccc54)cc2N3c2ccccc2-c2ccccc2)cc(C(C)(C)C)c1. The maximum absolute atomic E-state index is 2.69. The molecular formula is C110H98BN5. The number of benzene rings is 15. The van der Waals surface area contributed by atoms with E-state index in [1.807, 2.05) is 0 Å². The molecule has 2 aliphatic rings. The molecule has 0 unspecified atom stereocenters. The zero-order chi connectivity index (χ0) is 79.8. The van der Waals surface area contributed by atoms with Crippen LogP contribution in [0.25, 0.3) is 127 Å². The van der Waals surface area contributed by atoms with Crippen LogP contribution < -0.4 is 26.2 Å². The van der Waals surface area contributed by atoms with E-state index in [9.17, 15) is 0 Å². The molecule has 0 atom stereocenters. The van der Waals surface area contributed by atoms with Gasteiger partial charge in [-0.1, -0.05) is 322 Å². The van der Waals surface area contributed by atoms with Crippen LogP contribution in [0, 0.1) is 0 Å². The van der Waals surface area contributed by atoms with Crippen LogP contribution in [0.15, 0.2) is 322 Å². The summed E-state index contributed by atoms with van der Waals surface area (Å²) in [6, 6.07) is 124. The largest absolute Gasteiger partial charge is 0.311 e. The second kappa shape index (κ2) is 26.5. The molecule has 566 valence electrons. The highest BCUT2D eigenvalue weighted by Crippen LogP contribution is 2.54. The van der Waals surface area contributed by atoms with Crippen molar-refractivity contribution in [2.24, 2.45) is 0 Å². The number of para-hydroxylation sites is 6. The smallest absolute Gasteiger partial charge is 0.252 e. The molecule has 3 aromatic heterocycles. The average Bonchev–Trinajstić information content (AvgIpc) is 0.812. The monoisotopic (exact) mass is 1500 g/mol. The van der Waals surface area contributed by atoms with Crippen molar-refractivity contribution in [3.05, 3.63) is 349 Å². The van der Waals surface area contributed by atoms with Crippen LogP contribution in [0.1, 0.15) is 132 Å². The topological polar surface area (TPSA) is 21.3 Å². The van der Waals surface area contributed by atoms with Crippen molar-refractivity contribution < 1.29 is 0 Å². The molecule has 18 aromatic rings. The van der Waals surface area contributed by atoms with E-state index in [2.05, 4.69) is 449 Å². The summed E-state index contributed by atoms with van der Waals surface area (Å²) in [6.07, 6.45) is 0. The molecule has 20 rings (SSSR count). The highest BCUT2D eigenvalue weighted by Gasteiger charge is 2.46. The first kappa shape index (κ1) is 72.3. The van der Waals surface area contributed by atoms with E-state index in [0.717, 1.165) is 112 Å². The fourth-order valence-electron chi connectivity index (χ4n) is 18.9. The summed E-state index contributed by atoms with van der Waals surface area (Å²) >= 11 is 0. The molecule has 0 N–H and O–H groups in total. The predicted octanol–water partition coefficient (Wildman–Crippen LogP) is 28.2. The Balaban J connectivity index is 0.951. The van der Waals surface area contributed by atoms with Gasteiger partial charge in [0.05, 0.1) is 55.8 Å². The van der Waals surface area contributed by atoms with Gasteiger partial charge in [-0.3, -0.25) is 0 Å². The molecule has 0 radical (unpaired) electrons. The Bertz CT molecular complexity index is 6840. The van der Waals surface area contributed by atoms with Gasteiger partial charge in [0, 0.05) is 77.4 Å². The fraction of sp³-hybridized carbons (Fsp3) is 0.182. The third-order valence-corrected chi connectivity index (χ3v) is 25.2. The van der Waals surface area contributed by atoms with Crippen LogP contribution in [-0.2, 0) is 27.1 Å². The Morgan fingerprint density at radius 2 is 0.578 bits per heavy atom. The molecule has 0 aliphatic carbocycles. The van der Waals surface area contributed by atoms with E-state index in [4.69, 9.17) is 0 Å². The predicted molar refractivity (Wildman–Crippen MR) is 499 cm³/mol. The van der Waals surface area contributed by atoms with Gasteiger partial charge >= 0.3 is 0 Å². The van der Waals surface area contributed by atoms with Crippen LogP contribution in [0.3, 0.4) is 0 Å². The molecule has 116 heavy (non-hydrogen) atoms. The minimum atomic E-state index is -0.279. The quantitative estimate of drug-likeness (QED) is 0.134. The number of hydrogen-bond acceptors (Lipinski definition) is 2. The molecule has 2 aliphatic heterocycles. The lowest BCUT2D eigenvalue weighted by Crippen LogP contribution is -2.61. The number of fused-ring (bicyclic) bond motifs is 13. The Morgan fingerprint density at radius 1 is 0.207 bits per heavy atom. The molecule has 6 heteroatoms. The lowest BCUT2D eigenvalue weighted by Gasteiger charge is -2.45. The van der Waals surface area contributed by atoms with Crippen LogP contribution in [0.5, 0.6) is 0 Å². The second-order valence-electron chi connectivity index (χ2n) is 37.8. The molecule has 5 heterocycles. The molecular weight excluding hydrogens is 1400 g/mol. The standard InChI is InChI=1S/C110H98BN5/c1-106(2,3)74-51-56-97-87(64-74)88-65-75(107(4,5)6)52-57-98(88)112(97)79-53-55-90-100(68-79)115(92-45-29-23-39-81(92)70-36-20-17-21-37-70)102-62-73(72-58-76(108(7,8)9)63-77(59-72)109(10,11)12)61-101-104(102)111(90)89-54-50-71(60-99(89)114(101)91-44-28-22-38-80(91)69-34-18-16-19-35-69)86-66-78(110(13,14)15)67-103(113-93-46-30-24-40-82(93)83-41-25-31-47-94(83)113)105(86)116-95-48-32-26-42-84(95)85-43-27-33-49-96(85)116/h16-68H,1-15H3. The van der Waals surface area contributed by atoms with Gasteiger partial charge in [0.25, 0.3) is 6.71 Å². The summed E-state index contributed by atoms with van der Waals surface area (Å²) < 4.78 is 7.73. The van der Waals surface area contributed by atoms with Gasteiger partial charge in [0.15, 0.2) is 0 Å².